The first kappa shape index (κ1) is 18.4. The summed E-state index contributed by atoms with van der Waals surface area (Å²) >= 11 is 0. The number of carbonyl (C=O) groups is 1. The van der Waals surface area contributed by atoms with Crippen LogP contribution in [0.1, 0.15) is 19.4 Å². The Morgan fingerprint density at radius 3 is 2.48 bits per heavy atom. The van der Waals surface area contributed by atoms with Gasteiger partial charge in [-0.3, -0.25) is 4.79 Å². The second kappa shape index (κ2) is 7.08. The van der Waals surface area contributed by atoms with Gasteiger partial charge in [0.15, 0.2) is 0 Å². The van der Waals surface area contributed by atoms with Gasteiger partial charge in [0, 0.05) is 29.5 Å². The van der Waals surface area contributed by atoms with Gasteiger partial charge in [-0.05, 0) is 48.0 Å². The van der Waals surface area contributed by atoms with E-state index in [0.717, 1.165) is 11.4 Å². The molecule has 0 unspecified atom stereocenters. The predicted octanol–water partition coefficient (Wildman–Crippen LogP) is 4.53. The smallest absolute Gasteiger partial charge is 0.266 e. The maximum Gasteiger partial charge on any atom is 0.266 e. The third kappa shape index (κ3) is 3.47. The summed E-state index contributed by atoms with van der Waals surface area (Å²) in [6.45, 7) is 4.22. The Bertz CT molecular complexity index is 981. The standard InChI is InChI=1S/C22H20FN3O/c1-22(2)18-6-4-5-7-19(18)26(3)20(22)13-8-15(14-24)21(27)25-17-11-9-16(23)10-12-17/h4-13H,1-3H3,(H,25,27)/b15-8+,20-13-. The second-order valence-corrected chi connectivity index (χ2v) is 6.91. The highest BCUT2D eigenvalue weighted by molar-refractivity contribution is 6.06. The van der Waals surface area contributed by atoms with Crippen molar-refractivity contribution in [3.63, 3.8) is 0 Å². The van der Waals surface area contributed by atoms with E-state index in [0.29, 0.717) is 5.69 Å². The molecule has 1 aliphatic heterocycles. The highest BCUT2D eigenvalue weighted by atomic mass is 19.1. The average Bonchev–Trinajstić information content (AvgIpc) is 2.85. The van der Waals surface area contributed by atoms with Gasteiger partial charge >= 0.3 is 0 Å². The van der Waals surface area contributed by atoms with E-state index in [1.54, 1.807) is 0 Å². The average molecular weight is 361 g/mol. The number of amides is 1. The van der Waals surface area contributed by atoms with Crippen LogP contribution in [0, 0.1) is 17.1 Å². The first-order chi connectivity index (χ1) is 12.8. The molecule has 1 amide bonds. The molecule has 0 saturated heterocycles. The van der Waals surface area contributed by atoms with Gasteiger partial charge in [0.2, 0.25) is 0 Å². The van der Waals surface area contributed by atoms with E-state index in [-0.39, 0.29) is 16.8 Å². The fourth-order valence-corrected chi connectivity index (χ4v) is 3.36. The summed E-state index contributed by atoms with van der Waals surface area (Å²) in [4.78, 5) is 14.4. The first-order valence-electron chi connectivity index (χ1n) is 8.57. The number of halogens is 1. The molecule has 3 rings (SSSR count). The van der Waals surface area contributed by atoms with Crippen LogP contribution in [0.5, 0.6) is 0 Å². The van der Waals surface area contributed by atoms with Crippen molar-refractivity contribution in [1.29, 1.82) is 5.26 Å². The van der Waals surface area contributed by atoms with Crippen LogP contribution in [0.2, 0.25) is 0 Å². The van der Waals surface area contributed by atoms with Gasteiger partial charge in [0.25, 0.3) is 5.91 Å². The molecule has 5 heteroatoms. The summed E-state index contributed by atoms with van der Waals surface area (Å²) in [6, 6.07) is 15.5. The predicted molar refractivity (Wildman–Crippen MR) is 105 cm³/mol. The number of nitrogens with zero attached hydrogens (tertiary/aromatic N) is 2. The van der Waals surface area contributed by atoms with E-state index in [2.05, 4.69) is 30.1 Å². The fraction of sp³-hybridized carbons (Fsp3) is 0.182. The lowest BCUT2D eigenvalue weighted by molar-refractivity contribution is -0.112. The summed E-state index contributed by atoms with van der Waals surface area (Å²) < 4.78 is 13.0. The van der Waals surface area contributed by atoms with Crippen molar-refractivity contribution >= 4 is 17.3 Å². The number of nitrogens with one attached hydrogen (secondary N) is 1. The minimum atomic E-state index is -0.531. The Balaban J connectivity index is 1.87. The number of fused-ring (bicyclic) bond motifs is 1. The number of nitriles is 1. The zero-order valence-corrected chi connectivity index (χ0v) is 15.5. The molecule has 2 aromatic rings. The molecular weight excluding hydrogens is 341 g/mol. The van der Waals surface area contributed by atoms with Crippen LogP contribution in [0.3, 0.4) is 0 Å². The second-order valence-electron chi connectivity index (χ2n) is 6.91. The minimum absolute atomic E-state index is 0.0213. The lowest BCUT2D eigenvalue weighted by Gasteiger charge is -2.23. The molecule has 27 heavy (non-hydrogen) atoms. The van der Waals surface area contributed by atoms with Crippen molar-refractivity contribution in [3.8, 4) is 6.07 Å². The number of carbonyl (C=O) groups excluding carboxylic acids is 1. The minimum Gasteiger partial charge on any atom is -0.347 e. The highest BCUT2D eigenvalue weighted by Crippen LogP contribution is 2.46. The number of rotatable bonds is 3. The zero-order chi connectivity index (χ0) is 19.6. The van der Waals surface area contributed by atoms with E-state index >= 15 is 0 Å². The summed E-state index contributed by atoms with van der Waals surface area (Å²) in [5.41, 5.74) is 3.47. The molecule has 0 bridgehead atoms. The molecule has 2 aromatic carbocycles. The molecule has 0 atom stereocenters. The number of anilines is 2. The van der Waals surface area contributed by atoms with Gasteiger partial charge < -0.3 is 10.2 Å². The van der Waals surface area contributed by atoms with Gasteiger partial charge in [-0.1, -0.05) is 32.0 Å². The quantitative estimate of drug-likeness (QED) is 0.646. The van der Waals surface area contributed by atoms with Crippen LogP contribution in [-0.4, -0.2) is 13.0 Å². The Hall–Kier alpha value is -3.39. The van der Waals surface area contributed by atoms with Crippen LogP contribution in [0.4, 0.5) is 15.8 Å². The van der Waals surface area contributed by atoms with Crippen molar-refractivity contribution in [2.45, 2.75) is 19.3 Å². The molecule has 4 nitrogen and oxygen atoms in total. The number of allylic oxidation sites excluding steroid dienone is 3. The Morgan fingerprint density at radius 2 is 1.85 bits per heavy atom. The van der Waals surface area contributed by atoms with Gasteiger partial charge in [-0.2, -0.15) is 5.26 Å². The van der Waals surface area contributed by atoms with Crippen LogP contribution in [0.15, 0.2) is 72.0 Å². The largest absolute Gasteiger partial charge is 0.347 e. The van der Waals surface area contributed by atoms with Crippen molar-refractivity contribution in [2.24, 2.45) is 0 Å². The maximum absolute atomic E-state index is 13.0. The van der Waals surface area contributed by atoms with E-state index in [9.17, 15) is 14.4 Å². The van der Waals surface area contributed by atoms with Crippen molar-refractivity contribution < 1.29 is 9.18 Å². The third-order valence-corrected chi connectivity index (χ3v) is 4.82. The molecule has 0 aromatic heterocycles. The summed E-state index contributed by atoms with van der Waals surface area (Å²) in [5.74, 6) is -0.920. The third-order valence-electron chi connectivity index (χ3n) is 4.82. The number of likely N-dealkylation sites (N-methyl/N-ethyl adjacent to an activating group) is 1. The van der Waals surface area contributed by atoms with Crippen LogP contribution in [0.25, 0.3) is 0 Å². The zero-order valence-electron chi connectivity index (χ0n) is 15.5. The molecular formula is C22H20FN3O. The summed E-state index contributed by atoms with van der Waals surface area (Å²) in [6.07, 6.45) is 3.33. The Labute approximate surface area is 158 Å². The SMILES string of the molecule is CN1/C(=C\C=C(/C#N)C(=O)Nc2ccc(F)cc2)C(C)(C)c2ccccc21. The molecule has 1 aliphatic rings. The van der Waals surface area contributed by atoms with Crippen LogP contribution >= 0.6 is 0 Å². The first-order valence-corrected chi connectivity index (χ1v) is 8.57. The number of hydrogen-bond donors (Lipinski definition) is 1. The molecule has 0 radical (unpaired) electrons. The van der Waals surface area contributed by atoms with Gasteiger partial charge in [0.1, 0.15) is 17.5 Å². The van der Waals surface area contributed by atoms with Gasteiger partial charge in [-0.25, -0.2) is 4.39 Å². The van der Waals surface area contributed by atoms with Crippen LogP contribution < -0.4 is 10.2 Å². The van der Waals surface area contributed by atoms with E-state index in [4.69, 9.17) is 0 Å². The van der Waals surface area contributed by atoms with Gasteiger partial charge in [-0.15, -0.1) is 0 Å². The fourth-order valence-electron chi connectivity index (χ4n) is 3.36. The molecule has 136 valence electrons. The number of para-hydroxylation sites is 1. The molecule has 0 fully saturated rings. The Morgan fingerprint density at radius 1 is 1.19 bits per heavy atom. The number of benzene rings is 2. The van der Waals surface area contributed by atoms with E-state index < -0.39 is 5.91 Å². The molecule has 1 heterocycles. The van der Waals surface area contributed by atoms with Gasteiger partial charge in [0.05, 0.1) is 0 Å². The van der Waals surface area contributed by atoms with Crippen molar-refractivity contribution in [3.05, 3.63) is 83.3 Å². The lowest BCUT2D eigenvalue weighted by atomic mass is 9.83. The highest BCUT2D eigenvalue weighted by Gasteiger charge is 2.37. The van der Waals surface area contributed by atoms with Crippen LogP contribution in [-0.2, 0) is 10.2 Å². The molecule has 0 aliphatic carbocycles. The topological polar surface area (TPSA) is 56.1 Å². The summed E-state index contributed by atoms with van der Waals surface area (Å²) in [5, 5.41) is 12.0. The maximum atomic E-state index is 13.0. The van der Waals surface area contributed by atoms with E-state index in [1.165, 1.54) is 35.9 Å². The van der Waals surface area contributed by atoms with E-state index in [1.807, 2.05) is 37.4 Å². The lowest BCUT2D eigenvalue weighted by Crippen LogP contribution is -2.22. The Kier molecular flexibility index (Phi) is 4.83. The monoisotopic (exact) mass is 361 g/mol. The summed E-state index contributed by atoms with van der Waals surface area (Å²) in [7, 11) is 1.97. The van der Waals surface area contributed by atoms with Crippen molar-refractivity contribution in [2.75, 3.05) is 17.3 Å². The normalized spacial score (nSPS) is 16.8. The molecule has 0 spiro atoms. The van der Waals surface area contributed by atoms with Crippen molar-refractivity contribution in [1.82, 2.24) is 0 Å². The molecule has 1 N–H and O–H groups in total. The molecule has 0 saturated carbocycles. The number of hydrogen-bond acceptors (Lipinski definition) is 3.